The van der Waals surface area contributed by atoms with Crippen LogP contribution in [0.1, 0.15) is 57.7 Å². The van der Waals surface area contributed by atoms with Crippen molar-refractivity contribution in [2.45, 2.75) is 59.4 Å². The molecule has 0 unspecified atom stereocenters. The summed E-state index contributed by atoms with van der Waals surface area (Å²) >= 11 is 0. The van der Waals surface area contributed by atoms with Gasteiger partial charge in [-0.3, -0.25) is 4.90 Å². The van der Waals surface area contributed by atoms with E-state index >= 15 is 0 Å². The van der Waals surface area contributed by atoms with Crippen molar-refractivity contribution in [1.29, 1.82) is 0 Å². The summed E-state index contributed by atoms with van der Waals surface area (Å²) in [5, 5.41) is 8.56. The minimum atomic E-state index is 0.864. The number of hydrogen-bond donors (Lipinski definition) is 0. The third-order valence-corrected chi connectivity index (χ3v) is 4.34. The molecule has 2 rings (SSSR count). The maximum absolute atomic E-state index is 4.29. The van der Waals surface area contributed by atoms with Crippen LogP contribution in [0.5, 0.6) is 0 Å². The third kappa shape index (κ3) is 5.47. The van der Waals surface area contributed by atoms with E-state index in [1.165, 1.54) is 37.7 Å². The van der Waals surface area contributed by atoms with Crippen LogP contribution in [0.15, 0.2) is 30.5 Å². The zero-order valence-corrected chi connectivity index (χ0v) is 14.8. The largest absolute Gasteiger partial charge is 0.298 e. The van der Waals surface area contributed by atoms with Crippen LogP contribution >= 0.6 is 0 Å². The van der Waals surface area contributed by atoms with Crippen molar-refractivity contribution in [3.05, 3.63) is 41.7 Å². The van der Waals surface area contributed by atoms with Gasteiger partial charge < -0.3 is 0 Å². The minimum absolute atomic E-state index is 0.864. The highest BCUT2D eigenvalue weighted by Gasteiger charge is 2.06. The molecular weight excluding hydrogens is 284 g/mol. The molecule has 0 fully saturated rings. The molecule has 1 heterocycles. The molecule has 0 radical (unpaired) electrons. The first-order chi connectivity index (χ1) is 11.3. The number of hydrogen-bond acceptors (Lipinski definition) is 3. The van der Waals surface area contributed by atoms with Gasteiger partial charge in [0.25, 0.3) is 0 Å². The van der Waals surface area contributed by atoms with E-state index in [0.29, 0.717) is 0 Å². The van der Waals surface area contributed by atoms with Gasteiger partial charge in [0, 0.05) is 6.54 Å². The lowest BCUT2D eigenvalue weighted by Crippen LogP contribution is -2.22. The quantitative estimate of drug-likeness (QED) is 0.615. The highest BCUT2D eigenvalue weighted by atomic mass is 15.4. The van der Waals surface area contributed by atoms with Crippen molar-refractivity contribution in [3.63, 3.8) is 0 Å². The van der Waals surface area contributed by atoms with E-state index in [4.69, 9.17) is 0 Å². The summed E-state index contributed by atoms with van der Waals surface area (Å²) in [6.45, 7) is 9.54. The molecule has 0 amide bonds. The highest BCUT2D eigenvalue weighted by molar-refractivity contribution is 5.33. The molecule has 0 aliphatic heterocycles. The number of aryl methyl sites for hydroxylation is 1. The van der Waals surface area contributed by atoms with Gasteiger partial charge in [-0.25, -0.2) is 4.68 Å². The Hall–Kier alpha value is -1.68. The summed E-state index contributed by atoms with van der Waals surface area (Å²) in [6.07, 6.45) is 8.45. The molecular formula is C19H30N4. The van der Waals surface area contributed by atoms with Crippen LogP contribution in [0.3, 0.4) is 0 Å². The van der Waals surface area contributed by atoms with Crippen LogP contribution in [-0.4, -0.2) is 33.0 Å². The Kier molecular flexibility index (Phi) is 7.27. The molecule has 0 bridgehead atoms. The summed E-state index contributed by atoms with van der Waals surface area (Å²) in [5.74, 6) is 0. The maximum atomic E-state index is 4.29. The van der Waals surface area contributed by atoms with Crippen LogP contribution < -0.4 is 0 Å². The predicted molar refractivity (Wildman–Crippen MR) is 95.8 cm³/mol. The molecule has 2 aromatic rings. The lowest BCUT2D eigenvalue weighted by molar-refractivity contribution is 0.292. The van der Waals surface area contributed by atoms with Crippen molar-refractivity contribution in [2.75, 3.05) is 13.1 Å². The molecule has 0 atom stereocenters. The summed E-state index contributed by atoms with van der Waals surface area (Å²) in [7, 11) is 0. The second-order valence-corrected chi connectivity index (χ2v) is 6.09. The lowest BCUT2D eigenvalue weighted by atomic mass is 10.1. The summed E-state index contributed by atoms with van der Waals surface area (Å²) in [5.41, 5.74) is 3.52. The Bertz CT molecular complexity index is 555. The van der Waals surface area contributed by atoms with Crippen molar-refractivity contribution >= 4 is 0 Å². The monoisotopic (exact) mass is 314 g/mol. The fraction of sp³-hybridized carbons (Fsp3) is 0.579. The van der Waals surface area contributed by atoms with Gasteiger partial charge in [-0.1, -0.05) is 57.4 Å². The van der Waals surface area contributed by atoms with Crippen LogP contribution in [-0.2, 0) is 13.0 Å². The predicted octanol–water partition coefficient (Wildman–Crippen LogP) is 4.23. The van der Waals surface area contributed by atoms with Crippen molar-refractivity contribution in [2.24, 2.45) is 0 Å². The number of aromatic nitrogens is 3. The van der Waals surface area contributed by atoms with E-state index in [1.54, 1.807) is 0 Å². The van der Waals surface area contributed by atoms with Crippen LogP contribution in [0.4, 0.5) is 0 Å². The van der Waals surface area contributed by atoms with E-state index in [1.807, 2.05) is 10.9 Å². The van der Waals surface area contributed by atoms with Crippen LogP contribution in [0, 0.1) is 0 Å². The average molecular weight is 314 g/mol. The van der Waals surface area contributed by atoms with Crippen LogP contribution in [0.25, 0.3) is 5.69 Å². The van der Waals surface area contributed by atoms with Gasteiger partial charge in [0.1, 0.15) is 0 Å². The van der Waals surface area contributed by atoms with E-state index in [0.717, 1.165) is 31.0 Å². The zero-order chi connectivity index (χ0) is 16.5. The van der Waals surface area contributed by atoms with Gasteiger partial charge in [-0.15, -0.1) is 5.10 Å². The molecule has 4 nitrogen and oxygen atoms in total. The minimum Gasteiger partial charge on any atom is -0.298 e. The van der Waals surface area contributed by atoms with Crippen LogP contribution in [0.2, 0.25) is 0 Å². The van der Waals surface area contributed by atoms with Gasteiger partial charge in [-0.2, -0.15) is 0 Å². The molecule has 1 aromatic carbocycles. The standard InChI is InChI=1S/C19H30N4/c1-4-7-8-9-10-17-11-13-19(14-12-17)23-16-18(20-21-23)15-22(5-2)6-3/h11-14,16H,4-10,15H2,1-3H3. The molecule has 0 N–H and O–H groups in total. The van der Waals surface area contributed by atoms with Crippen molar-refractivity contribution in [1.82, 2.24) is 19.9 Å². The van der Waals surface area contributed by atoms with E-state index < -0.39 is 0 Å². The lowest BCUT2D eigenvalue weighted by Gasteiger charge is -2.15. The van der Waals surface area contributed by atoms with E-state index in [2.05, 4.69) is 60.2 Å². The first-order valence-corrected chi connectivity index (χ1v) is 8.99. The first-order valence-electron chi connectivity index (χ1n) is 8.99. The zero-order valence-electron chi connectivity index (χ0n) is 14.8. The first kappa shape index (κ1) is 17.7. The average Bonchev–Trinajstić information content (AvgIpc) is 3.06. The summed E-state index contributed by atoms with van der Waals surface area (Å²) in [6, 6.07) is 8.72. The van der Waals surface area contributed by atoms with Gasteiger partial charge in [0.2, 0.25) is 0 Å². The molecule has 1 aromatic heterocycles. The molecule has 0 aliphatic rings. The Morgan fingerprint density at radius 3 is 2.35 bits per heavy atom. The van der Waals surface area contributed by atoms with E-state index in [-0.39, 0.29) is 0 Å². The van der Waals surface area contributed by atoms with Gasteiger partial charge >= 0.3 is 0 Å². The summed E-state index contributed by atoms with van der Waals surface area (Å²) < 4.78 is 1.87. The second-order valence-electron chi connectivity index (χ2n) is 6.09. The van der Waals surface area contributed by atoms with Gasteiger partial charge in [-0.05, 0) is 43.6 Å². The highest BCUT2D eigenvalue weighted by Crippen LogP contribution is 2.13. The van der Waals surface area contributed by atoms with Gasteiger partial charge in [0.15, 0.2) is 0 Å². The maximum Gasteiger partial charge on any atom is 0.0971 e. The molecule has 4 heteroatoms. The SMILES string of the molecule is CCCCCCc1ccc(-n2cc(CN(CC)CC)nn2)cc1. The normalized spacial score (nSPS) is 11.3. The molecule has 0 aliphatic carbocycles. The Morgan fingerprint density at radius 2 is 1.70 bits per heavy atom. The number of nitrogens with zero attached hydrogens (tertiary/aromatic N) is 4. The Balaban J connectivity index is 1.93. The summed E-state index contributed by atoms with van der Waals surface area (Å²) in [4.78, 5) is 2.34. The molecule has 23 heavy (non-hydrogen) atoms. The topological polar surface area (TPSA) is 34.0 Å². The Morgan fingerprint density at radius 1 is 0.957 bits per heavy atom. The van der Waals surface area contributed by atoms with Crippen molar-refractivity contribution < 1.29 is 0 Å². The molecule has 0 saturated heterocycles. The molecule has 0 saturated carbocycles. The number of benzene rings is 1. The van der Waals surface area contributed by atoms with Gasteiger partial charge in [0.05, 0.1) is 17.6 Å². The fourth-order valence-electron chi connectivity index (χ4n) is 2.74. The smallest absolute Gasteiger partial charge is 0.0971 e. The fourth-order valence-corrected chi connectivity index (χ4v) is 2.74. The van der Waals surface area contributed by atoms with Crippen molar-refractivity contribution in [3.8, 4) is 5.69 Å². The van der Waals surface area contributed by atoms with E-state index in [9.17, 15) is 0 Å². The Labute approximate surface area is 140 Å². The number of rotatable bonds is 10. The third-order valence-electron chi connectivity index (χ3n) is 4.34. The molecule has 126 valence electrons. The second kappa shape index (κ2) is 9.46. The molecule has 0 spiro atoms. The number of unbranched alkanes of at least 4 members (excludes halogenated alkanes) is 3.